The minimum absolute atomic E-state index is 0.0230. The highest BCUT2D eigenvalue weighted by molar-refractivity contribution is 9.12. The molecule has 1 aliphatic heterocycles. The van der Waals surface area contributed by atoms with Gasteiger partial charge in [0.15, 0.2) is 0 Å². The average Bonchev–Trinajstić information content (AvgIpc) is 3.27. The Hall–Kier alpha value is -0.160. The van der Waals surface area contributed by atoms with Gasteiger partial charge in [-0.05, 0) is 24.1 Å². The van der Waals surface area contributed by atoms with Crippen molar-refractivity contribution in [1.29, 1.82) is 0 Å². The molecule has 0 N–H and O–H groups in total. The lowest BCUT2D eigenvalue weighted by Crippen LogP contribution is -2.34. The van der Waals surface area contributed by atoms with Crippen LogP contribution in [-0.2, 0) is 23.7 Å². The normalized spacial score (nSPS) is 20.4. The molecule has 1 aliphatic rings. The SMILES string of the molecule is CCCCCCCCCCCC[C@@H](OCOC)[C@H]1CC[C@H]([C@@H](CC#CBr)OCOC)O1. The smallest absolute Gasteiger partial charge is 0.146 e. The third-order valence-electron chi connectivity index (χ3n) is 5.93. The molecular formula is C25H45BrO5. The zero-order valence-corrected chi connectivity index (χ0v) is 21.6. The molecule has 0 saturated carbocycles. The van der Waals surface area contributed by atoms with Crippen molar-refractivity contribution >= 4 is 15.9 Å². The maximum atomic E-state index is 6.38. The van der Waals surface area contributed by atoms with Crippen LogP contribution in [0.25, 0.3) is 0 Å². The summed E-state index contributed by atoms with van der Waals surface area (Å²) < 4.78 is 28.4. The monoisotopic (exact) mass is 504 g/mol. The Kier molecular flexibility index (Phi) is 19.0. The van der Waals surface area contributed by atoms with Gasteiger partial charge in [-0.1, -0.05) is 77.1 Å². The summed E-state index contributed by atoms with van der Waals surface area (Å²) in [5.74, 6) is 3.04. The van der Waals surface area contributed by atoms with Crippen molar-refractivity contribution in [2.75, 3.05) is 27.8 Å². The van der Waals surface area contributed by atoms with Crippen LogP contribution in [0.3, 0.4) is 0 Å². The van der Waals surface area contributed by atoms with Gasteiger partial charge < -0.3 is 23.7 Å². The van der Waals surface area contributed by atoms with Crippen molar-refractivity contribution in [3.05, 3.63) is 0 Å². The molecule has 1 fully saturated rings. The topological polar surface area (TPSA) is 46.2 Å². The van der Waals surface area contributed by atoms with Gasteiger partial charge in [0.05, 0.1) is 24.4 Å². The Morgan fingerprint density at radius 2 is 1.32 bits per heavy atom. The minimum atomic E-state index is -0.0876. The molecule has 0 amide bonds. The maximum absolute atomic E-state index is 6.38. The summed E-state index contributed by atoms with van der Waals surface area (Å²) in [5, 5.41) is 0. The number of hydrogen-bond acceptors (Lipinski definition) is 5. The molecule has 0 spiro atoms. The first-order valence-corrected chi connectivity index (χ1v) is 13.0. The molecule has 182 valence electrons. The third kappa shape index (κ3) is 13.9. The van der Waals surface area contributed by atoms with E-state index in [4.69, 9.17) is 23.7 Å². The van der Waals surface area contributed by atoms with E-state index in [2.05, 4.69) is 33.6 Å². The molecule has 1 rings (SSSR count). The van der Waals surface area contributed by atoms with Gasteiger partial charge in [0.25, 0.3) is 0 Å². The molecule has 0 aromatic carbocycles. The second-order valence-corrected chi connectivity index (χ2v) is 8.86. The van der Waals surface area contributed by atoms with Crippen LogP contribution in [0.5, 0.6) is 0 Å². The molecule has 6 heteroatoms. The maximum Gasteiger partial charge on any atom is 0.146 e. The molecule has 0 unspecified atom stereocenters. The molecule has 0 aliphatic carbocycles. The quantitative estimate of drug-likeness (QED) is 0.106. The third-order valence-corrected chi connectivity index (χ3v) is 6.21. The van der Waals surface area contributed by atoms with Gasteiger partial charge in [-0.25, -0.2) is 0 Å². The second-order valence-electron chi connectivity index (χ2n) is 8.46. The predicted molar refractivity (Wildman–Crippen MR) is 129 cm³/mol. The van der Waals surface area contributed by atoms with E-state index >= 15 is 0 Å². The van der Waals surface area contributed by atoms with Gasteiger partial charge in [0, 0.05) is 36.6 Å². The molecule has 1 saturated heterocycles. The molecule has 0 radical (unpaired) electrons. The van der Waals surface area contributed by atoms with Crippen molar-refractivity contribution in [2.45, 2.75) is 121 Å². The van der Waals surface area contributed by atoms with Gasteiger partial charge in [-0.3, -0.25) is 0 Å². The van der Waals surface area contributed by atoms with E-state index in [9.17, 15) is 0 Å². The molecule has 1 heterocycles. The van der Waals surface area contributed by atoms with Crippen LogP contribution in [0, 0.1) is 10.8 Å². The first-order valence-electron chi connectivity index (χ1n) is 12.2. The Morgan fingerprint density at radius 3 is 1.87 bits per heavy atom. The van der Waals surface area contributed by atoms with Gasteiger partial charge in [-0.2, -0.15) is 0 Å². The largest absolute Gasteiger partial charge is 0.370 e. The van der Waals surface area contributed by atoms with Gasteiger partial charge in [0.1, 0.15) is 13.6 Å². The highest BCUT2D eigenvalue weighted by Gasteiger charge is 2.36. The Labute approximate surface area is 199 Å². The molecule has 0 aromatic heterocycles. The molecule has 0 aromatic rings. The van der Waals surface area contributed by atoms with E-state index in [1.165, 1.54) is 64.2 Å². The number of rotatable bonds is 20. The van der Waals surface area contributed by atoms with Crippen LogP contribution in [0.15, 0.2) is 0 Å². The standard InChI is InChI=1S/C25H45BrO5/c1-4-5-6-7-8-9-10-11-12-13-15-22(29-20-27-2)24-17-18-25(31-24)23(16-14-19-26)30-21-28-3/h22-25H,4-13,15-18,20-21H2,1-3H3/t22-,23-,24-,25-/m1/s1. The van der Waals surface area contributed by atoms with E-state index in [-0.39, 0.29) is 31.2 Å². The van der Waals surface area contributed by atoms with E-state index < -0.39 is 0 Å². The van der Waals surface area contributed by atoms with Crippen LogP contribution in [0.2, 0.25) is 0 Å². The average molecular weight is 506 g/mol. The van der Waals surface area contributed by atoms with Crippen molar-refractivity contribution in [1.82, 2.24) is 0 Å². The molecule has 31 heavy (non-hydrogen) atoms. The molecular weight excluding hydrogens is 460 g/mol. The fourth-order valence-electron chi connectivity index (χ4n) is 4.19. The molecule has 0 bridgehead atoms. The van der Waals surface area contributed by atoms with E-state index in [0.29, 0.717) is 13.2 Å². The van der Waals surface area contributed by atoms with Crippen LogP contribution in [-0.4, -0.2) is 52.2 Å². The summed E-state index contributed by atoms with van der Waals surface area (Å²) in [7, 11) is 3.30. The predicted octanol–water partition coefficient (Wildman–Crippen LogP) is 6.57. The molecule has 4 atom stereocenters. The zero-order chi connectivity index (χ0) is 22.6. The van der Waals surface area contributed by atoms with Crippen molar-refractivity contribution in [3.8, 4) is 10.8 Å². The Bertz CT molecular complexity index is 465. The van der Waals surface area contributed by atoms with Crippen LogP contribution >= 0.6 is 15.9 Å². The van der Waals surface area contributed by atoms with Crippen molar-refractivity contribution in [2.24, 2.45) is 0 Å². The summed E-state index contributed by atoms with van der Waals surface area (Å²) in [6.07, 6.45) is 17.0. The highest BCUT2D eigenvalue weighted by Crippen LogP contribution is 2.30. The fraction of sp³-hybridized carbons (Fsp3) is 0.920. The first-order chi connectivity index (χ1) is 15.3. The van der Waals surface area contributed by atoms with Crippen molar-refractivity contribution < 1.29 is 23.7 Å². The highest BCUT2D eigenvalue weighted by atomic mass is 79.9. The summed E-state index contributed by atoms with van der Waals surface area (Å²) in [4.78, 5) is 2.77. The number of hydrogen-bond donors (Lipinski definition) is 0. The Balaban J connectivity index is 2.34. The molecule has 5 nitrogen and oxygen atoms in total. The first kappa shape index (κ1) is 28.9. The lowest BCUT2D eigenvalue weighted by atomic mass is 10.0. The van der Waals surface area contributed by atoms with E-state index in [1.807, 2.05) is 0 Å². The lowest BCUT2D eigenvalue weighted by Gasteiger charge is -2.26. The number of unbranched alkanes of at least 4 members (excludes halogenated alkanes) is 9. The summed E-state index contributed by atoms with van der Waals surface area (Å²) in [6, 6.07) is 0. The number of ether oxygens (including phenoxy) is 5. The van der Waals surface area contributed by atoms with Crippen LogP contribution < -0.4 is 0 Å². The summed E-state index contributed by atoms with van der Waals surface area (Å²) in [6.45, 7) is 2.83. The van der Waals surface area contributed by atoms with Gasteiger partial charge in [-0.15, -0.1) is 0 Å². The lowest BCUT2D eigenvalue weighted by molar-refractivity contribution is -0.156. The van der Waals surface area contributed by atoms with Gasteiger partial charge >= 0.3 is 0 Å². The van der Waals surface area contributed by atoms with Crippen LogP contribution in [0.4, 0.5) is 0 Å². The summed E-state index contributed by atoms with van der Waals surface area (Å²) in [5.41, 5.74) is 0. The summed E-state index contributed by atoms with van der Waals surface area (Å²) >= 11 is 3.16. The number of halogens is 1. The number of methoxy groups -OCH3 is 2. The van der Waals surface area contributed by atoms with Crippen molar-refractivity contribution in [3.63, 3.8) is 0 Å². The Morgan fingerprint density at radius 1 is 0.806 bits per heavy atom. The minimum Gasteiger partial charge on any atom is -0.370 e. The second kappa shape index (κ2) is 20.4. The van der Waals surface area contributed by atoms with Gasteiger partial charge in [0.2, 0.25) is 0 Å². The fourth-order valence-corrected chi connectivity index (χ4v) is 4.36. The van der Waals surface area contributed by atoms with E-state index in [0.717, 1.165) is 19.3 Å². The van der Waals surface area contributed by atoms with Crippen LogP contribution in [0.1, 0.15) is 96.8 Å². The zero-order valence-electron chi connectivity index (χ0n) is 20.0. The van der Waals surface area contributed by atoms with E-state index in [1.54, 1.807) is 14.2 Å².